The Morgan fingerprint density at radius 3 is 1.03 bits per heavy atom. The molecule has 9 heteroatoms. The SMILES string of the molecule is c1ccc(-c2c3ccccc3c(-c3ccc(-c4c(-c5ccccc5)c5ncncc5c5ccccc45)cc3)c3ccccc23)cc1.c1ccc(-c2cc(-c3ccc(-c4ccccn4)nc3)cc(-c3ccc(-c4cccc(-c5ccccn5)n4)nc3)c2)cc1.c1ccc(-c2nc3c(-c4ccc5ccccc5c4)c4ccccc4c(-c4ccc5ccccc5c4)c3n2-c2ccccc2)cc1. The zero-order chi connectivity index (χ0) is 88.3. The van der Waals surface area contributed by atoms with Crippen molar-refractivity contribution in [2.75, 3.05) is 0 Å². The monoisotopic (exact) mass is 1700 g/mol. The molecule has 25 aromatic rings. The minimum Gasteiger partial charge on any atom is -0.292 e. The van der Waals surface area contributed by atoms with Crippen molar-refractivity contribution in [2.45, 2.75) is 0 Å². The minimum absolute atomic E-state index is 0.808. The smallest absolute Gasteiger partial charge is 0.145 e. The summed E-state index contributed by atoms with van der Waals surface area (Å²) < 4.78 is 2.37. The van der Waals surface area contributed by atoms with Crippen molar-refractivity contribution >= 4 is 86.6 Å². The van der Waals surface area contributed by atoms with Crippen molar-refractivity contribution in [3.8, 4) is 151 Å². The molecule has 0 aliphatic rings. The van der Waals surface area contributed by atoms with Gasteiger partial charge >= 0.3 is 0 Å². The van der Waals surface area contributed by atoms with Crippen molar-refractivity contribution in [3.63, 3.8) is 0 Å². The van der Waals surface area contributed by atoms with E-state index in [9.17, 15) is 0 Å². The second-order valence-corrected chi connectivity index (χ2v) is 33.2. The van der Waals surface area contributed by atoms with Crippen molar-refractivity contribution in [1.29, 1.82) is 0 Å². The summed E-state index contributed by atoms with van der Waals surface area (Å²) in [6, 6.07) is 161. The van der Waals surface area contributed by atoms with E-state index in [1.807, 2.05) is 91.4 Å². The number of benzene rings is 18. The summed E-state index contributed by atoms with van der Waals surface area (Å²) in [5.41, 5.74) is 31.0. The quantitative estimate of drug-likeness (QED) is 0.0783. The van der Waals surface area contributed by atoms with E-state index in [1.165, 1.54) is 98.2 Å². The number of aromatic nitrogens is 9. The lowest BCUT2D eigenvalue weighted by Gasteiger charge is -2.19. The molecule has 0 radical (unpaired) electrons. The summed E-state index contributed by atoms with van der Waals surface area (Å²) >= 11 is 0. The van der Waals surface area contributed by atoms with Gasteiger partial charge in [0.05, 0.1) is 50.7 Å². The van der Waals surface area contributed by atoms with Gasteiger partial charge < -0.3 is 0 Å². The molecule has 622 valence electrons. The fourth-order valence-electron chi connectivity index (χ4n) is 19.1. The molecular formula is C124H81N9. The lowest BCUT2D eigenvalue weighted by molar-refractivity contribution is 1.10. The predicted molar refractivity (Wildman–Crippen MR) is 552 cm³/mol. The number of hydrogen-bond acceptors (Lipinski definition) is 8. The second kappa shape index (κ2) is 35.4. The van der Waals surface area contributed by atoms with Crippen LogP contribution in [0.1, 0.15) is 0 Å². The Balaban J connectivity index is 0.000000113. The molecule has 9 nitrogen and oxygen atoms in total. The number of imidazole rings is 1. The average molecular weight is 1700 g/mol. The van der Waals surface area contributed by atoms with Gasteiger partial charge in [0.1, 0.15) is 12.2 Å². The number of nitrogens with zero attached hydrogens (tertiary/aromatic N) is 9. The Hall–Kier alpha value is -17.9. The van der Waals surface area contributed by atoms with Gasteiger partial charge in [-0.25, -0.2) is 19.9 Å². The van der Waals surface area contributed by atoms with Crippen molar-refractivity contribution in [2.24, 2.45) is 0 Å². The normalized spacial score (nSPS) is 11.3. The van der Waals surface area contributed by atoms with E-state index < -0.39 is 0 Å². The van der Waals surface area contributed by atoms with E-state index in [0.717, 1.165) is 140 Å². The molecule has 0 fully saturated rings. The van der Waals surface area contributed by atoms with Gasteiger partial charge in [-0.15, -0.1) is 0 Å². The first-order chi connectivity index (χ1) is 66.0. The Labute approximate surface area is 769 Å². The number of hydrogen-bond donors (Lipinski definition) is 0. The minimum atomic E-state index is 0.808. The molecule has 0 atom stereocenters. The van der Waals surface area contributed by atoms with Gasteiger partial charge in [0.2, 0.25) is 0 Å². The molecule has 0 N–H and O–H groups in total. The number of para-hydroxylation sites is 1. The molecule has 7 aromatic heterocycles. The molecule has 0 saturated carbocycles. The first-order valence-corrected chi connectivity index (χ1v) is 44.8. The zero-order valence-corrected chi connectivity index (χ0v) is 72.3. The number of rotatable bonds is 14. The summed E-state index contributed by atoms with van der Waals surface area (Å²) in [6.45, 7) is 0. The maximum absolute atomic E-state index is 5.58. The van der Waals surface area contributed by atoms with E-state index in [0.29, 0.717) is 0 Å². The fraction of sp³-hybridized carbons (Fsp3) is 0. The molecule has 133 heavy (non-hydrogen) atoms. The molecule has 0 aliphatic carbocycles. The first kappa shape index (κ1) is 79.7. The lowest BCUT2D eigenvalue weighted by Crippen LogP contribution is -1.99. The van der Waals surface area contributed by atoms with Crippen molar-refractivity contribution in [3.05, 3.63) is 492 Å². The Morgan fingerprint density at radius 2 is 0.534 bits per heavy atom. The summed E-state index contributed by atoms with van der Waals surface area (Å²) in [7, 11) is 0. The van der Waals surface area contributed by atoms with Gasteiger partial charge in [-0.2, -0.15) is 0 Å². The van der Waals surface area contributed by atoms with Crippen molar-refractivity contribution < 1.29 is 0 Å². The van der Waals surface area contributed by atoms with Crippen LogP contribution in [0.2, 0.25) is 0 Å². The predicted octanol–water partition coefficient (Wildman–Crippen LogP) is 31.9. The fourth-order valence-corrected chi connectivity index (χ4v) is 19.1. The van der Waals surface area contributed by atoms with Gasteiger partial charge in [0.25, 0.3) is 0 Å². The Morgan fingerprint density at radius 1 is 0.173 bits per heavy atom. The molecular weight excluding hydrogens is 1620 g/mol. The highest BCUT2D eigenvalue weighted by atomic mass is 15.1. The molecule has 0 saturated heterocycles. The lowest BCUT2D eigenvalue weighted by atomic mass is 9.84. The molecule has 0 unspecified atom stereocenters. The standard InChI is InChI=1S/C44H28N2.C43H28N2.C37H25N5/c1-3-13-29(14-4-1)40-35-19-9-11-21-37(35)41(38-22-12-10-20-36(38)40)31-23-25-32(26-24-31)42-34-18-8-7-17-33(34)39-27-45-28-46-44(39)43(42)30-15-5-2-6-16-30;1-3-15-31(16-4-1)43-44-41-39(34-25-23-29-13-7-9-17-32(29)27-34)37-21-11-12-22-38(37)40(42(41)45(43)36-19-5-2-6-20-36)35-26-24-30-14-8-10-18-33(30)28-35;1-2-9-26(10-3-1)29-21-30(27-15-17-34(40-24-27)32-11-4-6-19-38-32)23-31(22-29)28-16-18-35(41-25-28)37-14-8-13-36(42-37)33-12-5-7-20-39-33/h1-28H;1-28H;1-25H. The third kappa shape index (κ3) is 15.4. The third-order valence-corrected chi connectivity index (χ3v) is 25.2. The highest BCUT2D eigenvalue weighted by Crippen LogP contribution is 2.50. The molecule has 0 amide bonds. The van der Waals surface area contributed by atoms with Crippen LogP contribution in [0.4, 0.5) is 0 Å². The highest BCUT2D eigenvalue weighted by Gasteiger charge is 2.27. The summed E-state index contributed by atoms with van der Waals surface area (Å²) in [5.74, 6) is 0.927. The van der Waals surface area contributed by atoms with Gasteiger partial charge in [-0.05, 0) is 228 Å². The second-order valence-electron chi connectivity index (χ2n) is 33.2. The molecule has 18 aromatic carbocycles. The van der Waals surface area contributed by atoms with E-state index >= 15 is 0 Å². The summed E-state index contributed by atoms with van der Waals surface area (Å²) in [4.78, 5) is 38.0. The summed E-state index contributed by atoms with van der Waals surface area (Å²) in [6.07, 6.45) is 11.0. The number of fused-ring (bicyclic) bond motifs is 9. The third-order valence-electron chi connectivity index (χ3n) is 25.2. The van der Waals surface area contributed by atoms with Gasteiger partial charge in [-0.3, -0.25) is 24.5 Å². The molecule has 0 aliphatic heterocycles. The Bertz CT molecular complexity index is 8570. The molecule has 0 bridgehead atoms. The van der Waals surface area contributed by atoms with Crippen LogP contribution in [0.15, 0.2) is 492 Å². The Kier molecular flexibility index (Phi) is 21.2. The van der Waals surface area contributed by atoms with E-state index in [1.54, 1.807) is 18.7 Å². The van der Waals surface area contributed by atoms with Crippen LogP contribution < -0.4 is 0 Å². The van der Waals surface area contributed by atoms with Crippen LogP contribution in [0.25, 0.3) is 238 Å². The maximum atomic E-state index is 5.58. The van der Waals surface area contributed by atoms with Crippen LogP contribution in [0.5, 0.6) is 0 Å². The highest BCUT2D eigenvalue weighted by molar-refractivity contribution is 6.24. The zero-order valence-electron chi connectivity index (χ0n) is 72.3. The van der Waals surface area contributed by atoms with Crippen LogP contribution in [-0.4, -0.2) is 44.4 Å². The van der Waals surface area contributed by atoms with Gasteiger partial charge in [0, 0.05) is 75.4 Å². The van der Waals surface area contributed by atoms with E-state index in [4.69, 9.17) is 24.9 Å². The van der Waals surface area contributed by atoms with Crippen molar-refractivity contribution in [1.82, 2.24) is 44.4 Å². The first-order valence-electron chi connectivity index (χ1n) is 44.8. The van der Waals surface area contributed by atoms with E-state index in [-0.39, 0.29) is 0 Å². The van der Waals surface area contributed by atoms with Crippen LogP contribution in [-0.2, 0) is 0 Å². The number of pyridine rings is 5. The topological polar surface area (TPSA) is 108 Å². The van der Waals surface area contributed by atoms with E-state index in [2.05, 4.69) is 402 Å². The average Bonchev–Trinajstić information content (AvgIpc) is 1.45. The molecule has 7 heterocycles. The summed E-state index contributed by atoms with van der Waals surface area (Å²) in [5, 5.41) is 15.8. The largest absolute Gasteiger partial charge is 0.292 e. The van der Waals surface area contributed by atoms with Gasteiger partial charge in [0.15, 0.2) is 0 Å². The molecule has 25 rings (SSSR count). The van der Waals surface area contributed by atoms with Crippen LogP contribution >= 0.6 is 0 Å². The van der Waals surface area contributed by atoms with Crippen LogP contribution in [0.3, 0.4) is 0 Å². The van der Waals surface area contributed by atoms with Gasteiger partial charge in [-0.1, -0.05) is 364 Å². The maximum Gasteiger partial charge on any atom is 0.145 e. The van der Waals surface area contributed by atoms with Crippen LogP contribution in [0, 0.1) is 0 Å². The molecule has 0 spiro atoms.